The van der Waals surface area contributed by atoms with E-state index in [4.69, 9.17) is 14.2 Å². The topological polar surface area (TPSA) is 77.6 Å². The third kappa shape index (κ3) is 4.64. The molecule has 6 heteroatoms. The lowest BCUT2D eigenvalue weighted by Crippen LogP contribution is -2.48. The zero-order valence-electron chi connectivity index (χ0n) is 19.9. The van der Waals surface area contributed by atoms with E-state index in [-0.39, 0.29) is 0 Å². The standard InChI is InChI=1S/C29H27NO5/c1-18-8-10-19(11-9-18)17-33-21-14-12-20(13-15-21)25(23-16-30-24-7-5-4-6-22(23)24)26-27(31)34-29(2,3)35-28(26)32/h4-16,25-26,30H,17H2,1-3H3/t25-/m0/s1. The summed E-state index contributed by atoms with van der Waals surface area (Å²) in [6, 6.07) is 23.5. The summed E-state index contributed by atoms with van der Waals surface area (Å²) in [6.45, 7) is 5.61. The van der Waals surface area contributed by atoms with Crippen LogP contribution >= 0.6 is 0 Å². The number of rotatable bonds is 6. The Balaban J connectivity index is 1.48. The molecule has 3 aromatic carbocycles. The van der Waals surface area contributed by atoms with Gasteiger partial charge in [-0.1, -0.05) is 60.2 Å². The third-order valence-corrected chi connectivity index (χ3v) is 6.26. The van der Waals surface area contributed by atoms with E-state index in [2.05, 4.69) is 17.1 Å². The Morgan fingerprint density at radius 3 is 2.26 bits per heavy atom. The first-order valence-corrected chi connectivity index (χ1v) is 11.6. The van der Waals surface area contributed by atoms with Crippen LogP contribution in [0.1, 0.15) is 42.0 Å². The predicted molar refractivity (Wildman–Crippen MR) is 132 cm³/mol. The molecule has 0 unspecified atom stereocenters. The van der Waals surface area contributed by atoms with Gasteiger partial charge in [0, 0.05) is 36.9 Å². The van der Waals surface area contributed by atoms with Gasteiger partial charge in [0.1, 0.15) is 12.4 Å². The number of hydrogen-bond donors (Lipinski definition) is 1. The van der Waals surface area contributed by atoms with Crippen molar-refractivity contribution in [2.24, 2.45) is 5.92 Å². The van der Waals surface area contributed by atoms with E-state index in [9.17, 15) is 9.59 Å². The molecule has 0 radical (unpaired) electrons. The van der Waals surface area contributed by atoms with E-state index in [0.29, 0.717) is 12.4 Å². The first kappa shape index (κ1) is 22.7. The number of aryl methyl sites for hydroxylation is 1. The van der Waals surface area contributed by atoms with Crippen molar-refractivity contribution in [2.75, 3.05) is 0 Å². The number of nitrogens with one attached hydrogen (secondary N) is 1. The normalized spacial score (nSPS) is 16.5. The van der Waals surface area contributed by atoms with Crippen molar-refractivity contribution in [3.63, 3.8) is 0 Å². The number of para-hydroxylation sites is 1. The molecule has 35 heavy (non-hydrogen) atoms. The maximum Gasteiger partial charge on any atom is 0.324 e. The first-order valence-electron chi connectivity index (χ1n) is 11.6. The molecule has 0 amide bonds. The molecule has 1 saturated heterocycles. The lowest BCUT2D eigenvalue weighted by Gasteiger charge is -2.36. The summed E-state index contributed by atoms with van der Waals surface area (Å²) < 4.78 is 16.9. The largest absolute Gasteiger partial charge is 0.489 e. The minimum Gasteiger partial charge on any atom is -0.489 e. The minimum absolute atomic E-state index is 0.446. The zero-order chi connectivity index (χ0) is 24.6. The Morgan fingerprint density at radius 1 is 0.914 bits per heavy atom. The zero-order valence-corrected chi connectivity index (χ0v) is 19.9. The quantitative estimate of drug-likeness (QED) is 0.292. The Kier molecular flexibility index (Phi) is 5.81. The van der Waals surface area contributed by atoms with Crippen molar-refractivity contribution in [2.45, 2.75) is 39.1 Å². The maximum atomic E-state index is 13.1. The summed E-state index contributed by atoms with van der Waals surface area (Å²) in [7, 11) is 0. The molecular formula is C29H27NO5. The fraction of sp³-hybridized carbons (Fsp3) is 0.241. The van der Waals surface area contributed by atoms with Gasteiger partial charge in [0.15, 0.2) is 5.92 Å². The summed E-state index contributed by atoms with van der Waals surface area (Å²) in [5.41, 5.74) is 4.81. The van der Waals surface area contributed by atoms with Crippen molar-refractivity contribution >= 4 is 22.8 Å². The van der Waals surface area contributed by atoms with Crippen LogP contribution < -0.4 is 4.74 Å². The third-order valence-electron chi connectivity index (χ3n) is 6.26. The molecule has 1 aliphatic rings. The van der Waals surface area contributed by atoms with E-state index in [1.165, 1.54) is 5.56 Å². The van der Waals surface area contributed by atoms with Crippen LogP contribution in [-0.2, 0) is 25.7 Å². The lowest BCUT2D eigenvalue weighted by atomic mass is 9.80. The van der Waals surface area contributed by atoms with Gasteiger partial charge in [0.2, 0.25) is 0 Å². The maximum absolute atomic E-state index is 13.1. The molecule has 6 nitrogen and oxygen atoms in total. The van der Waals surface area contributed by atoms with Crippen molar-refractivity contribution in [3.05, 3.63) is 101 Å². The van der Waals surface area contributed by atoms with E-state index >= 15 is 0 Å². The fourth-order valence-corrected chi connectivity index (χ4v) is 4.53. The molecule has 178 valence electrons. The number of carbonyl (C=O) groups excluding carboxylic acids is 2. The molecule has 1 fully saturated rings. The summed E-state index contributed by atoms with van der Waals surface area (Å²) in [5.74, 6) is -3.50. The van der Waals surface area contributed by atoms with Crippen molar-refractivity contribution in [1.82, 2.24) is 4.98 Å². The van der Waals surface area contributed by atoms with Gasteiger partial charge in [-0.2, -0.15) is 0 Å². The summed E-state index contributed by atoms with van der Waals surface area (Å²) in [5, 5.41) is 0.933. The van der Waals surface area contributed by atoms with Crippen LogP contribution in [0.4, 0.5) is 0 Å². The summed E-state index contributed by atoms with van der Waals surface area (Å²) in [4.78, 5) is 29.4. The van der Waals surface area contributed by atoms with Crippen LogP contribution in [-0.4, -0.2) is 22.7 Å². The molecule has 1 aliphatic heterocycles. The second kappa shape index (κ2) is 8.95. The molecular weight excluding hydrogens is 442 g/mol. The highest BCUT2D eigenvalue weighted by Gasteiger charge is 2.48. The Hall–Kier alpha value is -4.06. The lowest BCUT2D eigenvalue weighted by molar-refractivity contribution is -0.240. The van der Waals surface area contributed by atoms with Gasteiger partial charge in [-0.25, -0.2) is 0 Å². The van der Waals surface area contributed by atoms with E-state index < -0.39 is 29.6 Å². The number of H-pyrrole nitrogens is 1. The number of benzene rings is 3. The number of hydrogen-bond acceptors (Lipinski definition) is 5. The van der Waals surface area contributed by atoms with Crippen LogP contribution in [0.2, 0.25) is 0 Å². The second-order valence-corrected chi connectivity index (χ2v) is 9.33. The molecule has 2 heterocycles. The van der Waals surface area contributed by atoms with Crippen molar-refractivity contribution in [3.8, 4) is 5.75 Å². The average molecular weight is 470 g/mol. The SMILES string of the molecule is Cc1ccc(COc2ccc([C@@H](c3c[nH]c4ccccc34)C3C(=O)OC(C)(C)OC3=O)cc2)cc1. The van der Waals surface area contributed by atoms with Crippen molar-refractivity contribution in [1.29, 1.82) is 0 Å². The Labute approximate surface area is 203 Å². The Morgan fingerprint density at radius 2 is 1.57 bits per heavy atom. The predicted octanol–water partition coefficient (Wildman–Crippen LogP) is 5.64. The highest BCUT2D eigenvalue weighted by Crippen LogP contribution is 2.41. The molecule has 0 aliphatic carbocycles. The van der Waals surface area contributed by atoms with Gasteiger partial charge in [-0.05, 0) is 41.8 Å². The fourth-order valence-electron chi connectivity index (χ4n) is 4.53. The number of aromatic amines is 1. The smallest absolute Gasteiger partial charge is 0.324 e. The number of cyclic esters (lactones) is 2. The summed E-state index contributed by atoms with van der Waals surface area (Å²) in [6.07, 6.45) is 1.84. The number of fused-ring (bicyclic) bond motifs is 1. The van der Waals surface area contributed by atoms with E-state index in [1.54, 1.807) is 13.8 Å². The number of ether oxygens (including phenoxy) is 3. The van der Waals surface area contributed by atoms with Gasteiger partial charge < -0.3 is 19.2 Å². The molecule has 5 rings (SSSR count). The van der Waals surface area contributed by atoms with Crippen LogP contribution in [0.15, 0.2) is 79.0 Å². The summed E-state index contributed by atoms with van der Waals surface area (Å²) >= 11 is 0. The monoisotopic (exact) mass is 469 g/mol. The van der Waals surface area contributed by atoms with Gasteiger partial charge in [-0.15, -0.1) is 0 Å². The minimum atomic E-state index is -1.29. The van der Waals surface area contributed by atoms with E-state index in [1.807, 2.05) is 73.8 Å². The second-order valence-electron chi connectivity index (χ2n) is 9.33. The van der Waals surface area contributed by atoms with Gasteiger partial charge in [0.25, 0.3) is 5.79 Å². The highest BCUT2D eigenvalue weighted by atomic mass is 16.7. The molecule has 1 atom stereocenters. The molecule has 1 N–H and O–H groups in total. The van der Waals surface area contributed by atoms with Gasteiger partial charge >= 0.3 is 11.9 Å². The number of carbonyl (C=O) groups is 2. The first-order chi connectivity index (χ1) is 16.8. The molecule has 0 bridgehead atoms. The van der Waals surface area contributed by atoms with Crippen LogP contribution in [0.25, 0.3) is 10.9 Å². The number of esters is 2. The molecule has 4 aromatic rings. The Bertz CT molecular complexity index is 1350. The molecule has 0 saturated carbocycles. The van der Waals surface area contributed by atoms with E-state index in [0.717, 1.165) is 27.6 Å². The van der Waals surface area contributed by atoms with Crippen LogP contribution in [0.5, 0.6) is 5.75 Å². The molecule has 0 spiro atoms. The van der Waals surface area contributed by atoms with Gasteiger partial charge in [0.05, 0.1) is 0 Å². The van der Waals surface area contributed by atoms with Crippen LogP contribution in [0, 0.1) is 12.8 Å². The molecule has 1 aromatic heterocycles. The average Bonchev–Trinajstić information content (AvgIpc) is 3.25. The van der Waals surface area contributed by atoms with Gasteiger partial charge in [-0.3, -0.25) is 9.59 Å². The van der Waals surface area contributed by atoms with Crippen molar-refractivity contribution < 1.29 is 23.8 Å². The number of aromatic nitrogens is 1. The highest BCUT2D eigenvalue weighted by molar-refractivity contribution is 5.99. The van der Waals surface area contributed by atoms with Crippen LogP contribution in [0.3, 0.4) is 0 Å².